The molecule has 1 atom stereocenters. The van der Waals surface area contributed by atoms with Crippen molar-refractivity contribution in [1.82, 2.24) is 0 Å². The Balaban J connectivity index is 2.75. The topological polar surface area (TPSA) is 35.2 Å². The van der Waals surface area contributed by atoms with E-state index >= 15 is 0 Å². The summed E-state index contributed by atoms with van der Waals surface area (Å²) in [5.41, 5.74) is 7.42. The average Bonchev–Trinajstić information content (AvgIpc) is 2.35. The molecule has 0 saturated heterocycles. The third-order valence-electron chi connectivity index (χ3n) is 3.35. The van der Waals surface area contributed by atoms with Gasteiger partial charge in [-0.15, -0.1) is 0 Å². The van der Waals surface area contributed by atoms with Gasteiger partial charge in [-0.25, -0.2) is 0 Å². The summed E-state index contributed by atoms with van der Waals surface area (Å²) in [5.74, 6) is 1.56. The van der Waals surface area contributed by atoms with Gasteiger partial charge in [0.2, 0.25) is 0 Å². The molecular formula is C14H22BrNO. The van der Waals surface area contributed by atoms with Crippen LogP contribution in [-0.2, 0) is 0 Å². The Bertz CT molecular complexity index is 350. The highest BCUT2D eigenvalue weighted by Gasteiger charge is 2.13. The van der Waals surface area contributed by atoms with Crippen LogP contribution >= 0.6 is 15.9 Å². The van der Waals surface area contributed by atoms with Crippen molar-refractivity contribution >= 4 is 15.9 Å². The SMILES string of the molecule is CCC(CC)CC(N)c1ccc(OC)c(Br)c1. The molecule has 1 rings (SSSR count). The first-order valence-corrected chi connectivity index (χ1v) is 7.00. The maximum Gasteiger partial charge on any atom is 0.133 e. The fraction of sp³-hybridized carbons (Fsp3) is 0.571. The van der Waals surface area contributed by atoms with Crippen LogP contribution in [0.25, 0.3) is 0 Å². The molecule has 1 aromatic carbocycles. The van der Waals surface area contributed by atoms with Gasteiger partial charge >= 0.3 is 0 Å². The maximum absolute atomic E-state index is 6.25. The summed E-state index contributed by atoms with van der Waals surface area (Å²) in [6.07, 6.45) is 3.44. The van der Waals surface area contributed by atoms with Gasteiger partial charge in [-0.05, 0) is 46.0 Å². The van der Waals surface area contributed by atoms with Crippen molar-refractivity contribution in [1.29, 1.82) is 0 Å². The second-order valence-corrected chi connectivity index (χ2v) is 5.27. The zero-order chi connectivity index (χ0) is 12.8. The molecule has 17 heavy (non-hydrogen) atoms. The van der Waals surface area contributed by atoms with Gasteiger partial charge < -0.3 is 10.5 Å². The number of ether oxygens (including phenoxy) is 1. The van der Waals surface area contributed by atoms with Crippen molar-refractivity contribution < 1.29 is 4.74 Å². The molecule has 1 unspecified atom stereocenters. The van der Waals surface area contributed by atoms with Crippen LogP contribution in [0.3, 0.4) is 0 Å². The van der Waals surface area contributed by atoms with E-state index in [-0.39, 0.29) is 6.04 Å². The lowest BCUT2D eigenvalue weighted by molar-refractivity contribution is 0.407. The summed E-state index contributed by atoms with van der Waals surface area (Å²) >= 11 is 3.50. The third kappa shape index (κ3) is 4.00. The molecule has 1 aromatic rings. The van der Waals surface area contributed by atoms with Crippen LogP contribution in [0.2, 0.25) is 0 Å². The second kappa shape index (κ2) is 7.02. The molecule has 0 bridgehead atoms. The fourth-order valence-electron chi connectivity index (χ4n) is 2.03. The Labute approximate surface area is 113 Å². The zero-order valence-electron chi connectivity index (χ0n) is 10.9. The summed E-state index contributed by atoms with van der Waals surface area (Å²) in [6, 6.07) is 6.19. The fourth-order valence-corrected chi connectivity index (χ4v) is 2.59. The third-order valence-corrected chi connectivity index (χ3v) is 3.97. The molecule has 0 aliphatic rings. The van der Waals surface area contributed by atoms with E-state index in [0.29, 0.717) is 5.92 Å². The molecule has 96 valence electrons. The Kier molecular flexibility index (Phi) is 6.00. The molecule has 0 spiro atoms. The van der Waals surface area contributed by atoms with E-state index in [2.05, 4.69) is 41.9 Å². The Morgan fingerprint density at radius 1 is 1.29 bits per heavy atom. The van der Waals surface area contributed by atoms with E-state index in [9.17, 15) is 0 Å². The summed E-state index contributed by atoms with van der Waals surface area (Å²) in [7, 11) is 1.67. The number of nitrogens with two attached hydrogens (primary N) is 1. The highest BCUT2D eigenvalue weighted by Crippen LogP contribution is 2.30. The van der Waals surface area contributed by atoms with Crippen molar-refractivity contribution in [3.63, 3.8) is 0 Å². The van der Waals surface area contributed by atoms with Gasteiger partial charge in [0.15, 0.2) is 0 Å². The lowest BCUT2D eigenvalue weighted by Gasteiger charge is -2.19. The molecule has 3 heteroatoms. The van der Waals surface area contributed by atoms with Crippen LogP contribution < -0.4 is 10.5 Å². The van der Waals surface area contributed by atoms with Gasteiger partial charge in [-0.3, -0.25) is 0 Å². The number of methoxy groups -OCH3 is 1. The standard InChI is InChI=1S/C14H22BrNO/c1-4-10(5-2)8-13(16)11-6-7-14(17-3)12(15)9-11/h6-7,9-10,13H,4-5,8,16H2,1-3H3. The minimum atomic E-state index is 0.113. The summed E-state index contributed by atoms with van der Waals surface area (Å²) in [5, 5.41) is 0. The minimum absolute atomic E-state index is 0.113. The van der Waals surface area contributed by atoms with Crippen LogP contribution in [0.5, 0.6) is 5.75 Å². The van der Waals surface area contributed by atoms with E-state index in [1.54, 1.807) is 7.11 Å². The van der Waals surface area contributed by atoms with E-state index in [0.717, 1.165) is 16.6 Å². The number of hydrogen-bond acceptors (Lipinski definition) is 2. The van der Waals surface area contributed by atoms with Crippen LogP contribution in [-0.4, -0.2) is 7.11 Å². The molecule has 2 nitrogen and oxygen atoms in total. The minimum Gasteiger partial charge on any atom is -0.496 e. The summed E-state index contributed by atoms with van der Waals surface area (Å²) < 4.78 is 6.19. The molecule has 0 aliphatic carbocycles. The quantitative estimate of drug-likeness (QED) is 0.851. The maximum atomic E-state index is 6.25. The molecule has 0 amide bonds. The number of hydrogen-bond donors (Lipinski definition) is 1. The van der Waals surface area contributed by atoms with E-state index < -0.39 is 0 Å². The first kappa shape index (κ1) is 14.5. The average molecular weight is 300 g/mol. The molecule has 0 heterocycles. The molecule has 0 aromatic heterocycles. The first-order valence-electron chi connectivity index (χ1n) is 6.21. The lowest BCUT2D eigenvalue weighted by atomic mass is 9.92. The Morgan fingerprint density at radius 3 is 2.41 bits per heavy atom. The van der Waals surface area contributed by atoms with Crippen molar-refractivity contribution in [3.05, 3.63) is 28.2 Å². The summed E-state index contributed by atoms with van der Waals surface area (Å²) in [4.78, 5) is 0. The van der Waals surface area contributed by atoms with Gasteiger partial charge in [0.25, 0.3) is 0 Å². The number of halogens is 1. The zero-order valence-corrected chi connectivity index (χ0v) is 12.5. The van der Waals surface area contributed by atoms with Crippen molar-refractivity contribution in [3.8, 4) is 5.75 Å². The van der Waals surface area contributed by atoms with Crippen molar-refractivity contribution in [2.75, 3.05) is 7.11 Å². The molecule has 0 aliphatic heterocycles. The van der Waals surface area contributed by atoms with Gasteiger partial charge in [0.05, 0.1) is 11.6 Å². The summed E-state index contributed by atoms with van der Waals surface area (Å²) in [6.45, 7) is 4.45. The number of benzene rings is 1. The molecular weight excluding hydrogens is 278 g/mol. The highest BCUT2D eigenvalue weighted by atomic mass is 79.9. The second-order valence-electron chi connectivity index (χ2n) is 4.42. The van der Waals surface area contributed by atoms with Crippen molar-refractivity contribution in [2.24, 2.45) is 11.7 Å². The van der Waals surface area contributed by atoms with E-state index in [1.165, 1.54) is 18.4 Å². The Morgan fingerprint density at radius 2 is 1.94 bits per heavy atom. The number of rotatable bonds is 6. The Hall–Kier alpha value is -0.540. The van der Waals surface area contributed by atoms with Crippen LogP contribution in [0, 0.1) is 5.92 Å². The van der Waals surface area contributed by atoms with Crippen LogP contribution in [0.1, 0.15) is 44.7 Å². The lowest BCUT2D eigenvalue weighted by Crippen LogP contribution is -2.15. The molecule has 2 N–H and O–H groups in total. The molecule has 0 radical (unpaired) electrons. The normalized spacial score (nSPS) is 12.8. The van der Waals surface area contributed by atoms with Gasteiger partial charge in [-0.2, -0.15) is 0 Å². The predicted octanol–water partition coefficient (Wildman–Crippen LogP) is 4.28. The molecule has 0 fully saturated rings. The first-order chi connectivity index (χ1) is 8.12. The van der Waals surface area contributed by atoms with Crippen LogP contribution in [0.15, 0.2) is 22.7 Å². The van der Waals surface area contributed by atoms with Gasteiger partial charge in [0.1, 0.15) is 5.75 Å². The largest absolute Gasteiger partial charge is 0.496 e. The van der Waals surface area contributed by atoms with Crippen molar-refractivity contribution in [2.45, 2.75) is 39.2 Å². The predicted molar refractivity (Wildman–Crippen MR) is 76.3 cm³/mol. The molecule has 0 saturated carbocycles. The monoisotopic (exact) mass is 299 g/mol. The van der Waals surface area contributed by atoms with Crippen LogP contribution in [0.4, 0.5) is 0 Å². The van der Waals surface area contributed by atoms with E-state index in [4.69, 9.17) is 10.5 Å². The smallest absolute Gasteiger partial charge is 0.133 e. The van der Waals surface area contributed by atoms with Gasteiger partial charge in [0, 0.05) is 6.04 Å². The highest BCUT2D eigenvalue weighted by molar-refractivity contribution is 9.10. The van der Waals surface area contributed by atoms with E-state index in [1.807, 2.05) is 6.07 Å². The van der Waals surface area contributed by atoms with Gasteiger partial charge in [-0.1, -0.05) is 32.8 Å².